The molecule has 1 saturated heterocycles. The van der Waals surface area contributed by atoms with Gasteiger partial charge in [-0.2, -0.15) is 0 Å². The Morgan fingerprint density at radius 3 is 2.58 bits per heavy atom. The summed E-state index contributed by atoms with van der Waals surface area (Å²) in [5.74, 6) is 1.03. The van der Waals surface area contributed by atoms with Crippen LogP contribution in [0.25, 0.3) is 0 Å². The van der Waals surface area contributed by atoms with E-state index < -0.39 is 0 Å². The molecule has 152 valence electrons. The zero-order valence-corrected chi connectivity index (χ0v) is 18.9. The number of aliphatic imine (C=N–C) groups is 1. The van der Waals surface area contributed by atoms with E-state index in [2.05, 4.69) is 29.5 Å². The van der Waals surface area contributed by atoms with Crippen molar-refractivity contribution in [2.75, 3.05) is 40.3 Å². The van der Waals surface area contributed by atoms with Crippen molar-refractivity contribution in [1.29, 1.82) is 0 Å². The number of nitrogens with one attached hydrogen (secondary N) is 2. The van der Waals surface area contributed by atoms with Gasteiger partial charge in [-0.3, -0.25) is 4.79 Å². The molecule has 1 aliphatic carbocycles. The largest absolute Gasteiger partial charge is 0.356 e. The van der Waals surface area contributed by atoms with Crippen LogP contribution in [0.3, 0.4) is 0 Å². The highest BCUT2D eigenvalue weighted by atomic mass is 127. The Balaban J connectivity index is 0.00000338. The molecule has 1 heterocycles. The Labute approximate surface area is 174 Å². The molecule has 1 aliphatic heterocycles. The van der Waals surface area contributed by atoms with Gasteiger partial charge in [0.2, 0.25) is 5.91 Å². The topological polar surface area (TPSA) is 75.2 Å². The van der Waals surface area contributed by atoms with Crippen LogP contribution in [-0.2, 0) is 14.3 Å². The second kappa shape index (κ2) is 11.3. The molecule has 7 nitrogen and oxygen atoms in total. The Hall–Kier alpha value is -0.610. The second-order valence-corrected chi connectivity index (χ2v) is 7.40. The first kappa shape index (κ1) is 23.4. The molecule has 2 rings (SSSR count). The Morgan fingerprint density at radius 1 is 1.27 bits per heavy atom. The lowest BCUT2D eigenvalue weighted by Crippen LogP contribution is -2.43. The molecule has 0 bridgehead atoms. The van der Waals surface area contributed by atoms with Crippen molar-refractivity contribution in [3.05, 3.63) is 0 Å². The minimum Gasteiger partial charge on any atom is -0.356 e. The summed E-state index contributed by atoms with van der Waals surface area (Å²) in [6.07, 6.45) is 5.31. The van der Waals surface area contributed by atoms with Crippen LogP contribution in [0.1, 0.15) is 46.0 Å². The minimum absolute atomic E-state index is 0. The van der Waals surface area contributed by atoms with Crippen molar-refractivity contribution in [3.8, 4) is 0 Å². The molecule has 1 atom stereocenters. The van der Waals surface area contributed by atoms with Gasteiger partial charge in [0, 0.05) is 40.0 Å². The third-order valence-electron chi connectivity index (χ3n) is 4.86. The number of hydrogen-bond acceptors (Lipinski definition) is 4. The van der Waals surface area contributed by atoms with Gasteiger partial charge in [0.1, 0.15) is 12.6 Å². The highest BCUT2D eigenvalue weighted by Gasteiger charge is 2.43. The minimum atomic E-state index is -0.367. The molecule has 2 N–H and O–H groups in total. The number of carbonyl (C=O) groups excluding carboxylic acids is 1. The number of halogens is 1. The van der Waals surface area contributed by atoms with Crippen molar-refractivity contribution in [3.63, 3.8) is 0 Å². The van der Waals surface area contributed by atoms with Crippen LogP contribution in [0.15, 0.2) is 4.99 Å². The molecule has 1 spiro atoms. The van der Waals surface area contributed by atoms with Gasteiger partial charge in [-0.1, -0.05) is 13.8 Å². The average Bonchev–Trinajstić information content (AvgIpc) is 2.99. The molecule has 2 fully saturated rings. The summed E-state index contributed by atoms with van der Waals surface area (Å²) in [6, 6.07) is 0. The van der Waals surface area contributed by atoms with E-state index >= 15 is 0 Å². The van der Waals surface area contributed by atoms with Gasteiger partial charge < -0.3 is 25.0 Å². The van der Waals surface area contributed by atoms with E-state index in [-0.39, 0.29) is 48.3 Å². The molecule has 1 amide bonds. The number of likely N-dealkylation sites (N-methyl/N-ethyl adjacent to an activating group) is 1. The molecule has 26 heavy (non-hydrogen) atoms. The lowest BCUT2D eigenvalue weighted by atomic mass is 9.86. The summed E-state index contributed by atoms with van der Waals surface area (Å²) in [5, 5.41) is 6.52. The Bertz CT molecular complexity index is 465. The fourth-order valence-electron chi connectivity index (χ4n) is 3.10. The summed E-state index contributed by atoms with van der Waals surface area (Å²) in [7, 11) is 3.47. The Morgan fingerprint density at radius 2 is 1.96 bits per heavy atom. The lowest BCUT2D eigenvalue weighted by molar-refractivity contribution is -0.191. The summed E-state index contributed by atoms with van der Waals surface area (Å²) < 4.78 is 12.2. The van der Waals surface area contributed by atoms with Gasteiger partial charge in [0.15, 0.2) is 11.7 Å². The second-order valence-electron chi connectivity index (χ2n) is 7.40. The van der Waals surface area contributed by atoms with Crippen LogP contribution in [0.4, 0.5) is 0 Å². The van der Waals surface area contributed by atoms with Crippen LogP contribution < -0.4 is 10.6 Å². The standard InChI is InChI=1S/C18H34N4O3.HI/c1-5-10-19-17(21-12-16(23)22(3)4)20-11-15-13-24-18(25-15)8-6-14(2)7-9-18;/h14-15H,5-13H2,1-4H3,(H2,19,20,21);1H. The molecule has 8 heteroatoms. The molecule has 0 aromatic carbocycles. The number of rotatable bonds is 6. The van der Waals surface area contributed by atoms with E-state index in [1.165, 1.54) is 0 Å². The van der Waals surface area contributed by atoms with Gasteiger partial charge in [-0.25, -0.2) is 4.99 Å². The van der Waals surface area contributed by atoms with Crippen molar-refractivity contribution in [1.82, 2.24) is 15.5 Å². The number of carbonyl (C=O) groups is 1. The van der Waals surface area contributed by atoms with E-state index in [1.54, 1.807) is 19.0 Å². The zero-order chi connectivity index (χ0) is 18.3. The van der Waals surface area contributed by atoms with Crippen molar-refractivity contribution in [2.45, 2.75) is 57.8 Å². The van der Waals surface area contributed by atoms with Gasteiger partial charge in [0.05, 0.1) is 6.61 Å². The quantitative estimate of drug-likeness (QED) is 0.344. The summed E-state index contributed by atoms with van der Waals surface area (Å²) >= 11 is 0. The van der Waals surface area contributed by atoms with Gasteiger partial charge >= 0.3 is 0 Å². The fraction of sp³-hybridized carbons (Fsp3) is 0.889. The molecule has 0 aromatic heterocycles. The fourth-order valence-corrected chi connectivity index (χ4v) is 3.10. The number of guanidine groups is 1. The van der Waals surface area contributed by atoms with E-state index in [4.69, 9.17) is 9.47 Å². The van der Waals surface area contributed by atoms with Crippen molar-refractivity contribution >= 4 is 35.8 Å². The van der Waals surface area contributed by atoms with Crippen LogP contribution in [0.2, 0.25) is 0 Å². The maximum atomic E-state index is 11.7. The molecule has 1 unspecified atom stereocenters. The van der Waals surface area contributed by atoms with Gasteiger partial charge in [0.25, 0.3) is 0 Å². The summed E-state index contributed by atoms with van der Waals surface area (Å²) in [6.45, 7) is 6.57. The van der Waals surface area contributed by atoms with Crippen molar-refractivity contribution < 1.29 is 14.3 Å². The molecule has 0 radical (unpaired) electrons. The molecule has 1 saturated carbocycles. The summed E-state index contributed by atoms with van der Waals surface area (Å²) in [4.78, 5) is 17.6. The smallest absolute Gasteiger partial charge is 0.243 e. The number of amides is 1. The van der Waals surface area contributed by atoms with Gasteiger partial charge in [-0.05, 0) is 25.2 Å². The van der Waals surface area contributed by atoms with Crippen LogP contribution in [0.5, 0.6) is 0 Å². The predicted octanol–water partition coefficient (Wildman–Crippen LogP) is 1.96. The first-order valence-corrected chi connectivity index (χ1v) is 9.48. The van der Waals surface area contributed by atoms with E-state index in [9.17, 15) is 4.79 Å². The highest BCUT2D eigenvalue weighted by Crippen LogP contribution is 2.39. The maximum absolute atomic E-state index is 11.7. The van der Waals surface area contributed by atoms with E-state index in [0.717, 1.165) is 44.6 Å². The monoisotopic (exact) mass is 482 g/mol. The van der Waals surface area contributed by atoms with Gasteiger partial charge in [-0.15, -0.1) is 24.0 Å². The first-order valence-electron chi connectivity index (χ1n) is 9.48. The maximum Gasteiger partial charge on any atom is 0.243 e. The molecule has 2 aliphatic rings. The van der Waals surface area contributed by atoms with E-state index in [1.807, 2.05) is 0 Å². The lowest BCUT2D eigenvalue weighted by Gasteiger charge is -2.34. The number of hydrogen-bond donors (Lipinski definition) is 2. The SMILES string of the molecule is CCCNC(=NCC(=O)N(C)C)NCC1COC2(CCC(C)CC2)O1.I. The Kier molecular flexibility index (Phi) is 10.2. The normalized spacial score (nSPS) is 28.5. The van der Waals surface area contributed by atoms with Crippen LogP contribution in [0, 0.1) is 5.92 Å². The number of ether oxygens (including phenoxy) is 2. The van der Waals surface area contributed by atoms with E-state index in [0.29, 0.717) is 19.1 Å². The first-order chi connectivity index (χ1) is 11.9. The third-order valence-corrected chi connectivity index (χ3v) is 4.86. The number of nitrogens with zero attached hydrogens (tertiary/aromatic N) is 2. The van der Waals surface area contributed by atoms with Crippen LogP contribution >= 0.6 is 24.0 Å². The summed E-state index contributed by atoms with van der Waals surface area (Å²) in [5.41, 5.74) is 0. The van der Waals surface area contributed by atoms with Crippen molar-refractivity contribution in [2.24, 2.45) is 10.9 Å². The highest BCUT2D eigenvalue weighted by molar-refractivity contribution is 14.0. The molecule has 0 aromatic rings. The molecular formula is C18H35IN4O3. The third kappa shape index (κ3) is 7.19. The zero-order valence-electron chi connectivity index (χ0n) is 16.5. The molecular weight excluding hydrogens is 447 g/mol. The average molecular weight is 482 g/mol. The predicted molar refractivity (Wildman–Crippen MR) is 114 cm³/mol. The van der Waals surface area contributed by atoms with Crippen LogP contribution in [-0.4, -0.2) is 69.0 Å².